The molecular weight excluding hydrogens is 321 g/mol. The lowest BCUT2D eigenvalue weighted by atomic mass is 9.97. The van der Waals surface area contributed by atoms with Gasteiger partial charge in [-0.3, -0.25) is 0 Å². The van der Waals surface area contributed by atoms with Gasteiger partial charge in [0.05, 0.1) is 18.2 Å². The van der Waals surface area contributed by atoms with Crippen molar-refractivity contribution in [2.75, 3.05) is 18.6 Å². The summed E-state index contributed by atoms with van der Waals surface area (Å²) in [6.07, 6.45) is -2.55. The maximum atomic E-state index is 13.2. The molecule has 1 aliphatic heterocycles. The Balaban J connectivity index is 1.90. The van der Waals surface area contributed by atoms with Crippen molar-refractivity contribution in [3.05, 3.63) is 58.8 Å². The van der Waals surface area contributed by atoms with Crippen LogP contribution < -0.4 is 4.90 Å². The van der Waals surface area contributed by atoms with Crippen LogP contribution in [-0.4, -0.2) is 24.6 Å². The minimum Gasteiger partial charge on any atom is -0.465 e. The maximum absolute atomic E-state index is 13.2. The summed E-state index contributed by atoms with van der Waals surface area (Å²) in [7, 11) is 1.31. The first kappa shape index (κ1) is 16.3. The molecule has 0 spiro atoms. The topological polar surface area (TPSA) is 42.4 Å². The molecule has 0 saturated heterocycles. The van der Waals surface area contributed by atoms with E-state index in [0.717, 1.165) is 17.2 Å². The smallest absolute Gasteiger partial charge is 0.419 e. The molecule has 0 N–H and O–H groups in total. The summed E-state index contributed by atoms with van der Waals surface area (Å²) in [5.41, 5.74) is 1.53. The molecule has 4 nitrogen and oxygen atoms in total. The van der Waals surface area contributed by atoms with Crippen molar-refractivity contribution in [3.63, 3.8) is 0 Å². The third kappa shape index (κ3) is 3.06. The van der Waals surface area contributed by atoms with Gasteiger partial charge in [0.1, 0.15) is 5.82 Å². The summed E-state index contributed by atoms with van der Waals surface area (Å²) in [5.74, 6) is -0.489. The molecule has 126 valence electrons. The van der Waals surface area contributed by atoms with Gasteiger partial charge in [0.2, 0.25) is 0 Å². The molecule has 0 radical (unpaired) electrons. The number of halogens is 3. The minimum absolute atomic E-state index is 0.0623. The summed E-state index contributed by atoms with van der Waals surface area (Å²) in [5, 5.41) is 0. The number of anilines is 1. The molecule has 0 amide bonds. The average Bonchev–Trinajstić information content (AvgIpc) is 2.59. The van der Waals surface area contributed by atoms with Crippen LogP contribution in [0.2, 0.25) is 0 Å². The number of benzene rings is 1. The third-order valence-corrected chi connectivity index (χ3v) is 4.03. The highest BCUT2D eigenvalue weighted by Crippen LogP contribution is 2.36. The number of fused-ring (bicyclic) bond motifs is 1. The number of ether oxygens (including phenoxy) is 1. The number of rotatable bonds is 2. The fourth-order valence-corrected chi connectivity index (χ4v) is 2.85. The van der Waals surface area contributed by atoms with Gasteiger partial charge in [0.25, 0.3) is 0 Å². The molecule has 7 heteroatoms. The predicted molar refractivity (Wildman–Crippen MR) is 81.8 cm³/mol. The van der Waals surface area contributed by atoms with E-state index in [4.69, 9.17) is 0 Å². The normalized spacial score (nSPS) is 14.2. The van der Waals surface area contributed by atoms with Crippen molar-refractivity contribution in [1.82, 2.24) is 4.98 Å². The van der Waals surface area contributed by atoms with Crippen molar-refractivity contribution < 1.29 is 22.7 Å². The second-order valence-electron chi connectivity index (χ2n) is 5.52. The number of aromatic nitrogens is 1. The largest absolute Gasteiger partial charge is 0.465 e. The zero-order chi connectivity index (χ0) is 17.3. The van der Waals surface area contributed by atoms with Gasteiger partial charge in [0, 0.05) is 19.3 Å². The third-order valence-electron chi connectivity index (χ3n) is 4.03. The second kappa shape index (κ2) is 6.14. The molecule has 24 heavy (non-hydrogen) atoms. The molecule has 1 aliphatic rings. The van der Waals surface area contributed by atoms with Crippen LogP contribution in [0.5, 0.6) is 0 Å². The van der Waals surface area contributed by atoms with Gasteiger partial charge in [-0.05, 0) is 41.8 Å². The molecule has 0 unspecified atom stereocenters. The molecule has 3 rings (SSSR count). The fourth-order valence-electron chi connectivity index (χ4n) is 2.85. The van der Waals surface area contributed by atoms with Crippen LogP contribution >= 0.6 is 0 Å². The van der Waals surface area contributed by atoms with Crippen LogP contribution in [0, 0.1) is 0 Å². The number of hydrogen-bond donors (Lipinski definition) is 0. The first-order valence-electron chi connectivity index (χ1n) is 7.37. The van der Waals surface area contributed by atoms with Gasteiger partial charge in [-0.25, -0.2) is 9.78 Å². The highest BCUT2D eigenvalue weighted by Gasteiger charge is 2.36. The molecule has 2 heterocycles. The van der Waals surface area contributed by atoms with E-state index < -0.39 is 17.7 Å². The Labute approximate surface area is 136 Å². The van der Waals surface area contributed by atoms with E-state index in [9.17, 15) is 18.0 Å². The molecule has 0 atom stereocenters. The quantitative estimate of drug-likeness (QED) is 0.788. The molecule has 0 saturated carbocycles. The van der Waals surface area contributed by atoms with Gasteiger partial charge in [-0.15, -0.1) is 0 Å². The van der Waals surface area contributed by atoms with Crippen LogP contribution in [0.25, 0.3) is 0 Å². The summed E-state index contributed by atoms with van der Waals surface area (Å²) >= 11 is 0. The fraction of sp³-hybridized carbons (Fsp3) is 0.294. The van der Waals surface area contributed by atoms with Crippen molar-refractivity contribution in [2.24, 2.45) is 0 Å². The first-order chi connectivity index (χ1) is 11.4. The summed E-state index contributed by atoms with van der Waals surface area (Å²) in [6, 6.07) is 7.44. The van der Waals surface area contributed by atoms with Crippen LogP contribution in [-0.2, 0) is 23.9 Å². The molecule has 1 aromatic carbocycles. The van der Waals surface area contributed by atoms with Crippen molar-refractivity contribution in [2.45, 2.75) is 19.1 Å². The first-order valence-corrected chi connectivity index (χ1v) is 7.37. The predicted octanol–water partition coefficient (Wildman–Crippen LogP) is 3.45. The van der Waals surface area contributed by atoms with E-state index in [0.29, 0.717) is 25.1 Å². The van der Waals surface area contributed by atoms with Crippen LogP contribution in [0.3, 0.4) is 0 Å². The Morgan fingerprint density at radius 3 is 2.75 bits per heavy atom. The monoisotopic (exact) mass is 336 g/mol. The van der Waals surface area contributed by atoms with Crippen LogP contribution in [0.4, 0.5) is 19.0 Å². The van der Waals surface area contributed by atoms with Crippen molar-refractivity contribution in [3.8, 4) is 0 Å². The molecule has 2 aromatic rings. The standard InChI is InChI=1S/C17H15F3N2O2/c1-24-16(23)12-4-5-13-10-22(8-6-11(13)9-12)15-14(17(18,19)20)3-2-7-21-15/h2-5,7,9H,6,8,10H2,1H3. The van der Waals surface area contributed by atoms with E-state index in [-0.39, 0.29) is 5.82 Å². The van der Waals surface area contributed by atoms with Crippen molar-refractivity contribution in [1.29, 1.82) is 0 Å². The van der Waals surface area contributed by atoms with E-state index >= 15 is 0 Å². The SMILES string of the molecule is COC(=O)c1ccc2c(c1)CCN(c1ncccc1C(F)(F)F)C2. The number of hydrogen-bond acceptors (Lipinski definition) is 4. The van der Waals surface area contributed by atoms with Crippen LogP contribution in [0.15, 0.2) is 36.5 Å². The van der Waals surface area contributed by atoms with Crippen LogP contribution in [0.1, 0.15) is 27.0 Å². The van der Waals surface area contributed by atoms with Crippen molar-refractivity contribution >= 4 is 11.8 Å². The van der Waals surface area contributed by atoms with Gasteiger partial charge in [0.15, 0.2) is 0 Å². The van der Waals surface area contributed by atoms with Gasteiger partial charge in [-0.1, -0.05) is 6.07 Å². The molecule has 0 fully saturated rings. The Hall–Kier alpha value is -2.57. The zero-order valence-corrected chi connectivity index (χ0v) is 12.9. The lowest BCUT2D eigenvalue weighted by Gasteiger charge is -2.31. The molecular formula is C17H15F3N2O2. The zero-order valence-electron chi connectivity index (χ0n) is 12.9. The summed E-state index contributed by atoms with van der Waals surface area (Å²) < 4.78 is 44.2. The Bertz CT molecular complexity index is 775. The van der Waals surface area contributed by atoms with Gasteiger partial charge in [-0.2, -0.15) is 13.2 Å². The lowest BCUT2D eigenvalue weighted by molar-refractivity contribution is -0.137. The van der Waals surface area contributed by atoms with Gasteiger partial charge >= 0.3 is 12.1 Å². The number of carbonyl (C=O) groups excluding carboxylic acids is 1. The second-order valence-corrected chi connectivity index (χ2v) is 5.52. The molecule has 0 bridgehead atoms. The number of nitrogens with zero attached hydrogens (tertiary/aromatic N) is 2. The number of esters is 1. The summed E-state index contributed by atoms with van der Waals surface area (Å²) in [4.78, 5) is 17.1. The van der Waals surface area contributed by atoms with E-state index in [1.54, 1.807) is 23.1 Å². The van der Waals surface area contributed by atoms with E-state index in [1.165, 1.54) is 19.4 Å². The number of alkyl halides is 3. The number of methoxy groups -OCH3 is 1. The summed E-state index contributed by atoms with van der Waals surface area (Å²) in [6.45, 7) is 0.717. The Morgan fingerprint density at radius 1 is 1.25 bits per heavy atom. The Morgan fingerprint density at radius 2 is 2.04 bits per heavy atom. The maximum Gasteiger partial charge on any atom is 0.419 e. The highest BCUT2D eigenvalue weighted by atomic mass is 19.4. The van der Waals surface area contributed by atoms with E-state index in [2.05, 4.69) is 9.72 Å². The lowest BCUT2D eigenvalue weighted by Crippen LogP contribution is -2.33. The Kier molecular flexibility index (Phi) is 4.17. The van der Waals surface area contributed by atoms with Gasteiger partial charge < -0.3 is 9.64 Å². The highest BCUT2D eigenvalue weighted by molar-refractivity contribution is 5.89. The average molecular weight is 336 g/mol. The molecule has 1 aromatic heterocycles. The van der Waals surface area contributed by atoms with E-state index in [1.807, 2.05) is 0 Å². The number of carbonyl (C=O) groups is 1. The molecule has 0 aliphatic carbocycles. The minimum atomic E-state index is -4.45. The number of pyridine rings is 1.